The molecule has 1 aromatic carbocycles. The van der Waals surface area contributed by atoms with E-state index in [9.17, 15) is 0 Å². The van der Waals surface area contributed by atoms with Gasteiger partial charge in [0, 0.05) is 35.1 Å². The molecule has 4 aliphatic carbocycles. The smallest absolute Gasteiger partial charge is 0.141 e. The highest BCUT2D eigenvalue weighted by Gasteiger charge is 2.60. The predicted molar refractivity (Wildman–Crippen MR) is 114 cm³/mol. The highest BCUT2D eigenvalue weighted by atomic mass is 15.4. The van der Waals surface area contributed by atoms with Crippen molar-refractivity contribution in [3.05, 3.63) is 61.6 Å². The van der Waals surface area contributed by atoms with E-state index in [1.165, 1.54) is 43.1 Å². The van der Waals surface area contributed by atoms with Gasteiger partial charge in [-0.15, -0.1) is 0 Å². The molecule has 3 aromatic heterocycles. The molecule has 0 spiro atoms. The van der Waals surface area contributed by atoms with Gasteiger partial charge in [-0.1, -0.05) is 18.2 Å². The van der Waals surface area contributed by atoms with Gasteiger partial charge >= 0.3 is 0 Å². The lowest BCUT2D eigenvalue weighted by molar-refractivity contribution is -0.0968. The second-order valence-electron chi connectivity index (χ2n) is 9.75. The third-order valence-electron chi connectivity index (χ3n) is 7.94. The summed E-state index contributed by atoms with van der Waals surface area (Å²) in [6, 6.07) is 10.5. The summed E-state index contributed by atoms with van der Waals surface area (Å²) in [5, 5.41) is 5.78. The first-order chi connectivity index (χ1) is 14.7. The van der Waals surface area contributed by atoms with Crippen molar-refractivity contribution < 1.29 is 0 Å². The molecule has 4 bridgehead atoms. The monoisotopic (exact) mass is 396 g/mol. The summed E-state index contributed by atoms with van der Waals surface area (Å²) in [6.07, 6.45) is 17.1. The fourth-order valence-electron chi connectivity index (χ4n) is 7.35. The van der Waals surface area contributed by atoms with Crippen molar-refractivity contribution in [1.29, 1.82) is 0 Å². The van der Waals surface area contributed by atoms with E-state index in [1.54, 1.807) is 6.33 Å². The first-order valence-electron chi connectivity index (χ1n) is 11.0. The maximum atomic E-state index is 4.88. The zero-order chi connectivity index (χ0) is 19.8. The topological polar surface area (TPSA) is 61.4 Å². The van der Waals surface area contributed by atoms with Crippen molar-refractivity contribution in [3.63, 3.8) is 0 Å². The number of hydrogen-bond acceptors (Lipinski definition) is 4. The molecule has 4 saturated carbocycles. The van der Waals surface area contributed by atoms with Crippen molar-refractivity contribution in [3.8, 4) is 11.4 Å². The van der Waals surface area contributed by atoms with E-state index in [2.05, 4.69) is 54.8 Å². The Morgan fingerprint density at radius 2 is 1.77 bits per heavy atom. The van der Waals surface area contributed by atoms with Gasteiger partial charge in [-0.25, -0.2) is 14.6 Å². The van der Waals surface area contributed by atoms with Crippen LogP contribution in [0.25, 0.3) is 22.3 Å². The summed E-state index contributed by atoms with van der Waals surface area (Å²) in [6.45, 7) is 0. The lowest BCUT2D eigenvalue weighted by atomic mass is 9.49. The Kier molecular flexibility index (Phi) is 3.22. The van der Waals surface area contributed by atoms with E-state index >= 15 is 0 Å². The van der Waals surface area contributed by atoms with Crippen LogP contribution in [0.3, 0.4) is 0 Å². The van der Waals surface area contributed by atoms with Gasteiger partial charge in [0.15, 0.2) is 0 Å². The van der Waals surface area contributed by atoms with E-state index < -0.39 is 0 Å². The van der Waals surface area contributed by atoms with Crippen LogP contribution in [0, 0.1) is 11.8 Å². The summed E-state index contributed by atoms with van der Waals surface area (Å²) in [5.74, 6) is 2.57. The van der Waals surface area contributed by atoms with Crippen LogP contribution >= 0.6 is 0 Å². The number of imidazole rings is 1. The van der Waals surface area contributed by atoms with E-state index in [1.807, 2.05) is 24.8 Å². The second kappa shape index (κ2) is 5.78. The molecule has 4 aromatic rings. The number of nitrogens with zero attached hydrogens (tertiary/aromatic N) is 6. The summed E-state index contributed by atoms with van der Waals surface area (Å²) in [7, 11) is 0. The van der Waals surface area contributed by atoms with Gasteiger partial charge in [0.05, 0.1) is 11.1 Å². The molecule has 3 heterocycles. The van der Waals surface area contributed by atoms with Gasteiger partial charge in [0.1, 0.15) is 18.5 Å². The van der Waals surface area contributed by atoms with E-state index in [-0.39, 0.29) is 11.1 Å². The number of pyridine rings is 1. The largest absolute Gasteiger partial charge is 0.325 e. The Morgan fingerprint density at radius 3 is 2.60 bits per heavy atom. The summed E-state index contributed by atoms with van der Waals surface area (Å²) < 4.78 is 4.69. The van der Waals surface area contributed by atoms with Crippen LogP contribution < -0.4 is 0 Å². The molecule has 0 aliphatic heterocycles. The van der Waals surface area contributed by atoms with Gasteiger partial charge in [-0.05, 0) is 62.5 Å². The Bertz CT molecular complexity index is 1220. The van der Waals surface area contributed by atoms with E-state index in [0.717, 1.165) is 29.6 Å². The maximum Gasteiger partial charge on any atom is 0.141 e. The van der Waals surface area contributed by atoms with Crippen molar-refractivity contribution >= 4 is 10.9 Å². The maximum absolute atomic E-state index is 4.88. The molecule has 4 aliphatic rings. The molecule has 0 radical (unpaired) electrons. The highest BCUT2D eigenvalue weighted by Crippen LogP contribution is 2.63. The average molecular weight is 396 g/mol. The minimum Gasteiger partial charge on any atom is -0.325 e. The minimum absolute atomic E-state index is 0.0996. The van der Waals surface area contributed by atoms with Crippen molar-refractivity contribution in [2.45, 2.75) is 49.6 Å². The molecule has 0 amide bonds. The molecule has 6 nitrogen and oxygen atoms in total. The fourth-order valence-corrected chi connectivity index (χ4v) is 7.35. The first-order valence-corrected chi connectivity index (χ1v) is 11.0. The van der Waals surface area contributed by atoms with Crippen LogP contribution in [0.5, 0.6) is 0 Å². The summed E-state index contributed by atoms with van der Waals surface area (Å²) >= 11 is 0. The molecule has 150 valence electrons. The van der Waals surface area contributed by atoms with Crippen molar-refractivity contribution in [2.24, 2.45) is 11.8 Å². The van der Waals surface area contributed by atoms with Gasteiger partial charge < -0.3 is 4.57 Å². The Labute approximate surface area is 175 Å². The van der Waals surface area contributed by atoms with E-state index in [0.29, 0.717) is 0 Å². The molecule has 30 heavy (non-hydrogen) atoms. The molecular formula is C24H24N6. The van der Waals surface area contributed by atoms with Crippen LogP contribution in [-0.2, 0) is 11.1 Å². The SMILES string of the molecule is c1cc(-c2nccn2C23CC4CC(CC(n5cncn5)(C4)C2)C3)c2cccnc2c1. The van der Waals surface area contributed by atoms with Crippen LogP contribution in [0.1, 0.15) is 38.5 Å². The quantitative estimate of drug-likeness (QED) is 0.515. The molecule has 0 saturated heterocycles. The van der Waals surface area contributed by atoms with Gasteiger partial charge in [-0.2, -0.15) is 5.10 Å². The standard InChI is InChI=1S/C24H24N6/c1-3-20(19-4-2-6-26-21(19)5-1)22-27-7-8-29(22)23-10-17-9-18(11-23)13-24(12-17,14-23)30-16-25-15-28-30/h1-8,15-18H,9-14H2. The zero-order valence-corrected chi connectivity index (χ0v) is 16.9. The molecule has 6 heteroatoms. The third kappa shape index (κ3) is 2.19. The predicted octanol–water partition coefficient (Wildman–Crippen LogP) is 4.39. The first kappa shape index (κ1) is 16.7. The normalized spacial score (nSPS) is 32.1. The number of fused-ring (bicyclic) bond motifs is 1. The van der Waals surface area contributed by atoms with Gasteiger partial charge in [0.25, 0.3) is 0 Å². The average Bonchev–Trinajstić information content (AvgIpc) is 3.45. The second-order valence-corrected chi connectivity index (χ2v) is 9.75. The van der Waals surface area contributed by atoms with Crippen LogP contribution in [0.2, 0.25) is 0 Å². The Morgan fingerprint density at radius 1 is 0.900 bits per heavy atom. The molecule has 4 fully saturated rings. The lowest BCUT2D eigenvalue weighted by Gasteiger charge is -2.62. The number of rotatable bonds is 3. The van der Waals surface area contributed by atoms with Crippen LogP contribution in [0.4, 0.5) is 0 Å². The molecule has 8 rings (SSSR count). The molecule has 0 N–H and O–H groups in total. The summed E-state index contributed by atoms with van der Waals surface area (Å²) in [5.41, 5.74) is 2.40. The zero-order valence-electron chi connectivity index (χ0n) is 16.9. The fraction of sp³-hybridized carbons (Fsp3) is 0.417. The molecule has 2 atom stereocenters. The molecule has 2 unspecified atom stereocenters. The van der Waals surface area contributed by atoms with E-state index in [4.69, 9.17) is 4.98 Å². The van der Waals surface area contributed by atoms with Crippen LogP contribution in [0.15, 0.2) is 61.6 Å². The molecular weight excluding hydrogens is 372 g/mol. The highest BCUT2D eigenvalue weighted by molar-refractivity contribution is 5.92. The lowest BCUT2D eigenvalue weighted by Crippen LogP contribution is -2.60. The van der Waals surface area contributed by atoms with Gasteiger partial charge in [0.2, 0.25) is 0 Å². The Hall–Kier alpha value is -3.02. The third-order valence-corrected chi connectivity index (χ3v) is 7.94. The number of aromatic nitrogens is 6. The van der Waals surface area contributed by atoms with Crippen LogP contribution in [-0.4, -0.2) is 29.3 Å². The van der Waals surface area contributed by atoms with Crippen molar-refractivity contribution in [1.82, 2.24) is 29.3 Å². The number of hydrogen-bond donors (Lipinski definition) is 0. The Balaban J connectivity index is 1.40. The minimum atomic E-state index is 0.0996. The summed E-state index contributed by atoms with van der Waals surface area (Å²) in [4.78, 5) is 13.7. The van der Waals surface area contributed by atoms with Gasteiger partial charge in [-0.3, -0.25) is 4.98 Å². The number of benzene rings is 1. The van der Waals surface area contributed by atoms with Crippen molar-refractivity contribution in [2.75, 3.05) is 0 Å².